The van der Waals surface area contributed by atoms with Crippen molar-refractivity contribution in [2.75, 3.05) is 41.0 Å². The average molecular weight is 750 g/mol. The first-order chi connectivity index (χ1) is 25.6. The number of unbranched alkanes of at least 4 members (excludes halogenated alkanes) is 21. The lowest BCUT2D eigenvalue weighted by Crippen LogP contribution is -2.55. The predicted molar refractivity (Wildman–Crippen MR) is 217 cm³/mol. The summed E-state index contributed by atoms with van der Waals surface area (Å²) in [6.45, 7) is 4.58. The highest BCUT2D eigenvalue weighted by atomic mass is 16.6. The lowest BCUT2D eigenvalue weighted by Gasteiger charge is -2.34. The number of carboxylic acids is 1. The molecule has 8 heteroatoms. The van der Waals surface area contributed by atoms with Crippen molar-refractivity contribution in [2.45, 2.75) is 206 Å². The SMILES string of the molecule is CCCCCC/C=C/CCC(=O)OCC(COCCC(C(=O)[O-])[N+](C)(C)C)OC(=O)CCCCCCCCC/C=C/CCCCCCCCCCCC. The van der Waals surface area contributed by atoms with E-state index in [1.54, 1.807) is 21.1 Å². The minimum Gasteiger partial charge on any atom is -0.544 e. The molecule has 0 fully saturated rings. The van der Waals surface area contributed by atoms with E-state index in [1.807, 2.05) is 6.08 Å². The van der Waals surface area contributed by atoms with Crippen molar-refractivity contribution in [2.24, 2.45) is 0 Å². The van der Waals surface area contributed by atoms with E-state index in [2.05, 4.69) is 32.1 Å². The third-order valence-corrected chi connectivity index (χ3v) is 9.82. The van der Waals surface area contributed by atoms with Crippen LogP contribution in [0.3, 0.4) is 0 Å². The summed E-state index contributed by atoms with van der Waals surface area (Å²) in [6, 6.07) is -0.727. The Balaban J connectivity index is 4.23. The van der Waals surface area contributed by atoms with Crippen molar-refractivity contribution in [3.63, 3.8) is 0 Å². The maximum atomic E-state index is 12.7. The summed E-state index contributed by atoms with van der Waals surface area (Å²) in [5.41, 5.74) is 0. The molecular weight excluding hydrogens is 666 g/mol. The Morgan fingerprint density at radius 3 is 1.45 bits per heavy atom. The Morgan fingerprint density at radius 2 is 0.981 bits per heavy atom. The van der Waals surface area contributed by atoms with E-state index in [0.29, 0.717) is 12.8 Å². The summed E-state index contributed by atoms with van der Waals surface area (Å²) in [7, 11) is 5.39. The van der Waals surface area contributed by atoms with Gasteiger partial charge in [0, 0.05) is 19.3 Å². The van der Waals surface area contributed by atoms with Crippen LogP contribution in [0.4, 0.5) is 0 Å². The maximum absolute atomic E-state index is 12.7. The van der Waals surface area contributed by atoms with Crippen LogP contribution in [0.25, 0.3) is 0 Å². The molecule has 0 aliphatic carbocycles. The minimum absolute atomic E-state index is 0.0299. The zero-order valence-electron chi connectivity index (χ0n) is 35.2. The van der Waals surface area contributed by atoms with Gasteiger partial charge in [-0.25, -0.2) is 0 Å². The van der Waals surface area contributed by atoms with Gasteiger partial charge in [-0.05, 0) is 51.4 Å². The number of quaternary nitrogens is 1. The van der Waals surface area contributed by atoms with E-state index >= 15 is 0 Å². The van der Waals surface area contributed by atoms with E-state index in [9.17, 15) is 19.5 Å². The number of hydrogen-bond acceptors (Lipinski definition) is 7. The van der Waals surface area contributed by atoms with Crippen LogP contribution in [-0.4, -0.2) is 75.5 Å². The largest absolute Gasteiger partial charge is 0.544 e. The number of rotatable bonds is 39. The molecule has 0 aliphatic heterocycles. The molecule has 0 saturated carbocycles. The molecule has 2 atom stereocenters. The van der Waals surface area contributed by atoms with Gasteiger partial charge in [0.15, 0.2) is 6.10 Å². The zero-order chi connectivity index (χ0) is 39.3. The van der Waals surface area contributed by atoms with Gasteiger partial charge in [0.1, 0.15) is 12.6 Å². The zero-order valence-corrected chi connectivity index (χ0v) is 35.2. The van der Waals surface area contributed by atoms with Gasteiger partial charge < -0.3 is 28.6 Å². The number of carboxylic acid groups (broad SMARTS) is 1. The summed E-state index contributed by atoms with van der Waals surface area (Å²) in [4.78, 5) is 36.6. The van der Waals surface area contributed by atoms with Crippen molar-refractivity contribution in [1.82, 2.24) is 0 Å². The van der Waals surface area contributed by atoms with Gasteiger partial charge in [0.05, 0.1) is 40.3 Å². The molecule has 53 heavy (non-hydrogen) atoms. The molecule has 0 spiro atoms. The van der Waals surface area contributed by atoms with Crippen molar-refractivity contribution in [1.29, 1.82) is 0 Å². The number of esters is 2. The number of nitrogens with zero attached hydrogens (tertiary/aromatic N) is 1. The van der Waals surface area contributed by atoms with Crippen molar-refractivity contribution in [3.8, 4) is 0 Å². The summed E-state index contributed by atoms with van der Waals surface area (Å²) >= 11 is 0. The fraction of sp³-hybridized carbons (Fsp3) is 0.844. The molecule has 0 aromatic rings. The number of hydrogen-bond donors (Lipinski definition) is 0. The van der Waals surface area contributed by atoms with Crippen LogP contribution >= 0.6 is 0 Å². The molecule has 2 unspecified atom stereocenters. The predicted octanol–water partition coefficient (Wildman–Crippen LogP) is 10.4. The number of carbonyl (C=O) groups is 3. The first-order valence-electron chi connectivity index (χ1n) is 21.9. The molecule has 0 amide bonds. The Morgan fingerprint density at radius 1 is 0.547 bits per heavy atom. The molecule has 0 heterocycles. The quantitative estimate of drug-likeness (QED) is 0.0267. The van der Waals surface area contributed by atoms with Crippen molar-refractivity contribution in [3.05, 3.63) is 24.3 Å². The summed E-state index contributed by atoms with van der Waals surface area (Å²) < 4.78 is 17.0. The van der Waals surface area contributed by atoms with Gasteiger partial charge in [-0.2, -0.15) is 0 Å². The lowest BCUT2D eigenvalue weighted by atomic mass is 10.1. The van der Waals surface area contributed by atoms with E-state index in [-0.39, 0.29) is 49.1 Å². The molecule has 0 radical (unpaired) electrons. The number of allylic oxidation sites excluding steroid dienone is 4. The second kappa shape index (κ2) is 36.8. The molecule has 0 rings (SSSR count). The van der Waals surface area contributed by atoms with Gasteiger partial charge in [0.25, 0.3) is 0 Å². The summed E-state index contributed by atoms with van der Waals surface area (Å²) in [5, 5.41) is 11.6. The molecule has 0 aromatic heterocycles. The second-order valence-electron chi connectivity index (χ2n) is 15.9. The highest BCUT2D eigenvalue weighted by molar-refractivity contribution is 5.70. The third kappa shape index (κ3) is 35.3. The summed E-state index contributed by atoms with van der Waals surface area (Å²) in [5.74, 6) is -1.80. The molecule has 310 valence electrons. The molecule has 0 N–H and O–H groups in total. The van der Waals surface area contributed by atoms with Crippen molar-refractivity contribution < 1.29 is 38.2 Å². The van der Waals surface area contributed by atoms with Crippen LogP contribution in [0.1, 0.15) is 194 Å². The first-order valence-corrected chi connectivity index (χ1v) is 21.9. The van der Waals surface area contributed by atoms with Crippen LogP contribution in [0, 0.1) is 0 Å². The van der Waals surface area contributed by atoms with E-state index in [1.165, 1.54) is 122 Å². The normalized spacial score (nSPS) is 13.2. The topological polar surface area (TPSA) is 102 Å². The highest BCUT2D eigenvalue weighted by Crippen LogP contribution is 2.14. The Hall–Kier alpha value is -2.19. The van der Waals surface area contributed by atoms with E-state index < -0.39 is 18.1 Å². The minimum atomic E-state index is -1.13. The number of aliphatic carboxylic acids is 1. The Bertz CT molecular complexity index is 926. The standard InChI is InChI=1S/C45H83NO7/c1-6-8-10-12-14-16-17-18-19-20-21-22-23-24-25-26-27-28-30-32-34-36-44(48)53-41(39-51-38-37-42(45(49)50)46(3,4)5)40-52-43(47)35-33-31-29-15-13-11-9-7-2/h22-23,29,31,41-42H,6-21,24-28,30,32-40H2,1-5H3/b23-22+,31-29+. The van der Waals surface area contributed by atoms with Crippen LogP contribution in [0.5, 0.6) is 0 Å². The monoisotopic (exact) mass is 750 g/mol. The van der Waals surface area contributed by atoms with Crippen LogP contribution < -0.4 is 5.11 Å². The molecular formula is C45H83NO7. The van der Waals surface area contributed by atoms with Crippen LogP contribution in [0.2, 0.25) is 0 Å². The van der Waals surface area contributed by atoms with Gasteiger partial charge in [-0.1, -0.05) is 147 Å². The van der Waals surface area contributed by atoms with E-state index in [4.69, 9.17) is 14.2 Å². The fourth-order valence-corrected chi connectivity index (χ4v) is 6.38. The van der Waals surface area contributed by atoms with Gasteiger partial charge in [-0.15, -0.1) is 0 Å². The third-order valence-electron chi connectivity index (χ3n) is 9.82. The second-order valence-corrected chi connectivity index (χ2v) is 15.9. The lowest BCUT2D eigenvalue weighted by molar-refractivity contribution is -0.889. The molecule has 0 saturated heterocycles. The molecule has 8 nitrogen and oxygen atoms in total. The van der Waals surface area contributed by atoms with Crippen molar-refractivity contribution >= 4 is 17.9 Å². The first kappa shape index (κ1) is 50.8. The Labute approximate surface area is 326 Å². The molecule has 0 bridgehead atoms. The number of ether oxygens (including phenoxy) is 3. The number of carbonyl (C=O) groups excluding carboxylic acids is 3. The van der Waals surface area contributed by atoms with Gasteiger partial charge in [-0.3, -0.25) is 9.59 Å². The maximum Gasteiger partial charge on any atom is 0.306 e. The molecule has 0 aliphatic rings. The average Bonchev–Trinajstić information content (AvgIpc) is 3.11. The van der Waals surface area contributed by atoms with E-state index in [0.717, 1.165) is 32.1 Å². The smallest absolute Gasteiger partial charge is 0.306 e. The van der Waals surface area contributed by atoms with Gasteiger partial charge >= 0.3 is 11.9 Å². The van der Waals surface area contributed by atoms with Gasteiger partial charge in [0.2, 0.25) is 0 Å². The molecule has 0 aromatic carbocycles. The fourth-order valence-electron chi connectivity index (χ4n) is 6.38. The highest BCUT2D eigenvalue weighted by Gasteiger charge is 2.25. The van der Waals surface area contributed by atoms with Crippen LogP contribution in [-0.2, 0) is 28.6 Å². The number of likely N-dealkylation sites (N-methyl/N-ethyl adjacent to an activating group) is 1. The van der Waals surface area contributed by atoms with Crippen LogP contribution in [0.15, 0.2) is 24.3 Å². The Kier molecular flexibility index (Phi) is 35.2. The summed E-state index contributed by atoms with van der Waals surface area (Å²) in [6.07, 6.45) is 39.5.